The van der Waals surface area contributed by atoms with Crippen molar-refractivity contribution in [3.8, 4) is 5.75 Å². The first-order valence-corrected chi connectivity index (χ1v) is 6.27. The third kappa shape index (κ3) is 6.22. The van der Waals surface area contributed by atoms with Gasteiger partial charge in [-0.15, -0.1) is 0 Å². The maximum atomic E-state index is 11.6. The lowest BCUT2D eigenvalue weighted by Gasteiger charge is -2.13. The maximum Gasteiger partial charge on any atom is 0.234 e. The molecule has 1 aromatic carbocycles. The number of hydrogen-bond acceptors (Lipinski definition) is 4. The van der Waals surface area contributed by atoms with E-state index in [2.05, 4.69) is 10.6 Å². The second-order valence-electron chi connectivity index (χ2n) is 4.38. The molecule has 0 heterocycles. The predicted molar refractivity (Wildman–Crippen MR) is 74.2 cm³/mol. The van der Waals surface area contributed by atoms with E-state index < -0.39 is 0 Å². The van der Waals surface area contributed by atoms with E-state index >= 15 is 0 Å². The molecule has 1 amide bonds. The average Bonchev–Trinajstić information content (AvgIpc) is 2.39. The minimum absolute atomic E-state index is 0.0242. The fraction of sp³-hybridized carbons (Fsp3) is 0.500. The molecule has 1 aromatic rings. The van der Waals surface area contributed by atoms with Gasteiger partial charge < -0.3 is 20.1 Å². The highest BCUT2D eigenvalue weighted by Crippen LogP contribution is 2.11. The van der Waals surface area contributed by atoms with Crippen molar-refractivity contribution in [2.45, 2.75) is 19.5 Å². The fourth-order valence-corrected chi connectivity index (χ4v) is 1.72. The van der Waals surface area contributed by atoms with E-state index in [-0.39, 0.29) is 18.5 Å². The van der Waals surface area contributed by atoms with E-state index in [1.807, 2.05) is 31.2 Å². The Bertz CT molecular complexity index is 396. The number of carbonyl (C=O) groups is 1. The van der Waals surface area contributed by atoms with Gasteiger partial charge in [-0.1, -0.05) is 12.1 Å². The normalized spacial score (nSPS) is 11.9. The molecule has 0 spiro atoms. The van der Waals surface area contributed by atoms with Crippen LogP contribution in [0.5, 0.6) is 5.75 Å². The number of hydrogen-bond donors (Lipinski definition) is 2. The molecule has 0 saturated carbocycles. The van der Waals surface area contributed by atoms with Gasteiger partial charge in [-0.25, -0.2) is 0 Å². The highest BCUT2D eigenvalue weighted by molar-refractivity contribution is 5.78. The minimum Gasteiger partial charge on any atom is -0.497 e. The van der Waals surface area contributed by atoms with E-state index in [0.29, 0.717) is 13.2 Å². The molecule has 19 heavy (non-hydrogen) atoms. The van der Waals surface area contributed by atoms with E-state index in [9.17, 15) is 4.79 Å². The number of carbonyl (C=O) groups excluding carboxylic acids is 1. The Labute approximate surface area is 114 Å². The Balaban J connectivity index is 2.27. The average molecular weight is 266 g/mol. The van der Waals surface area contributed by atoms with Crippen LogP contribution >= 0.6 is 0 Å². The van der Waals surface area contributed by atoms with Crippen molar-refractivity contribution in [1.82, 2.24) is 10.6 Å². The van der Waals surface area contributed by atoms with Gasteiger partial charge in [-0.2, -0.15) is 0 Å². The summed E-state index contributed by atoms with van der Waals surface area (Å²) in [7, 11) is 3.25. The standard InChI is InChI=1S/C14H22N2O3/c1-11(10-18-2)16-14(17)9-15-8-12-5-4-6-13(7-12)19-3/h4-7,11,15H,8-10H2,1-3H3,(H,16,17). The maximum absolute atomic E-state index is 11.6. The van der Waals surface area contributed by atoms with Gasteiger partial charge in [0.15, 0.2) is 0 Å². The second kappa shape index (κ2) is 8.50. The van der Waals surface area contributed by atoms with Gasteiger partial charge in [0.2, 0.25) is 5.91 Å². The lowest BCUT2D eigenvalue weighted by atomic mass is 10.2. The molecule has 1 rings (SSSR count). The highest BCUT2D eigenvalue weighted by Gasteiger charge is 2.06. The number of benzene rings is 1. The molecule has 0 saturated heterocycles. The largest absolute Gasteiger partial charge is 0.497 e. The summed E-state index contributed by atoms with van der Waals surface area (Å²) in [6, 6.07) is 7.77. The van der Waals surface area contributed by atoms with Crippen molar-refractivity contribution in [2.24, 2.45) is 0 Å². The van der Waals surface area contributed by atoms with Gasteiger partial charge in [-0.05, 0) is 24.6 Å². The van der Waals surface area contributed by atoms with Crippen LogP contribution in [0, 0.1) is 0 Å². The summed E-state index contributed by atoms with van der Waals surface area (Å²) < 4.78 is 10.1. The molecule has 1 atom stereocenters. The molecule has 5 heteroatoms. The van der Waals surface area contributed by atoms with Crippen LogP contribution in [0.25, 0.3) is 0 Å². The SMILES string of the molecule is COCC(C)NC(=O)CNCc1cccc(OC)c1. The van der Waals surface area contributed by atoms with Gasteiger partial charge in [0.1, 0.15) is 5.75 Å². The van der Waals surface area contributed by atoms with E-state index in [4.69, 9.17) is 9.47 Å². The van der Waals surface area contributed by atoms with Crippen LogP contribution in [0.2, 0.25) is 0 Å². The predicted octanol–water partition coefficient (Wildman–Crippen LogP) is 0.936. The number of nitrogens with one attached hydrogen (secondary N) is 2. The Morgan fingerprint density at radius 1 is 1.37 bits per heavy atom. The van der Waals surface area contributed by atoms with Crippen molar-refractivity contribution in [3.05, 3.63) is 29.8 Å². The first-order chi connectivity index (χ1) is 9.15. The summed E-state index contributed by atoms with van der Waals surface area (Å²) in [5, 5.41) is 5.93. The van der Waals surface area contributed by atoms with Crippen molar-refractivity contribution < 1.29 is 14.3 Å². The lowest BCUT2D eigenvalue weighted by molar-refractivity contribution is -0.121. The van der Waals surface area contributed by atoms with Crippen LogP contribution in [0.4, 0.5) is 0 Å². The van der Waals surface area contributed by atoms with Crippen molar-refractivity contribution in [2.75, 3.05) is 27.4 Å². The minimum atomic E-state index is -0.0348. The van der Waals surface area contributed by atoms with Crippen molar-refractivity contribution in [1.29, 1.82) is 0 Å². The molecule has 0 bridgehead atoms. The van der Waals surface area contributed by atoms with Crippen LogP contribution < -0.4 is 15.4 Å². The van der Waals surface area contributed by atoms with Crippen molar-refractivity contribution in [3.63, 3.8) is 0 Å². The summed E-state index contributed by atoms with van der Waals surface area (Å²) in [5.41, 5.74) is 1.08. The van der Waals surface area contributed by atoms with Gasteiger partial charge >= 0.3 is 0 Å². The van der Waals surface area contributed by atoms with Crippen LogP contribution in [0.15, 0.2) is 24.3 Å². The molecule has 1 unspecified atom stereocenters. The highest BCUT2D eigenvalue weighted by atomic mass is 16.5. The molecular weight excluding hydrogens is 244 g/mol. The Morgan fingerprint density at radius 2 is 2.16 bits per heavy atom. The lowest BCUT2D eigenvalue weighted by Crippen LogP contribution is -2.40. The smallest absolute Gasteiger partial charge is 0.234 e. The fourth-order valence-electron chi connectivity index (χ4n) is 1.72. The summed E-state index contributed by atoms with van der Waals surface area (Å²) in [5.74, 6) is 0.782. The topological polar surface area (TPSA) is 59.6 Å². The van der Waals surface area contributed by atoms with Crippen LogP contribution in [-0.2, 0) is 16.1 Å². The molecule has 0 aliphatic heterocycles. The third-order valence-corrected chi connectivity index (χ3v) is 2.57. The molecule has 106 valence electrons. The van der Waals surface area contributed by atoms with E-state index in [1.54, 1.807) is 14.2 Å². The van der Waals surface area contributed by atoms with Gasteiger partial charge in [0.25, 0.3) is 0 Å². The van der Waals surface area contributed by atoms with Crippen LogP contribution in [-0.4, -0.2) is 39.3 Å². The molecule has 2 N–H and O–H groups in total. The van der Waals surface area contributed by atoms with Gasteiger partial charge in [0.05, 0.1) is 20.3 Å². The third-order valence-electron chi connectivity index (χ3n) is 2.57. The van der Waals surface area contributed by atoms with Crippen LogP contribution in [0.1, 0.15) is 12.5 Å². The zero-order valence-corrected chi connectivity index (χ0v) is 11.7. The monoisotopic (exact) mass is 266 g/mol. The zero-order chi connectivity index (χ0) is 14.1. The summed E-state index contributed by atoms with van der Waals surface area (Å²) in [4.78, 5) is 11.6. The quantitative estimate of drug-likeness (QED) is 0.735. The Morgan fingerprint density at radius 3 is 2.84 bits per heavy atom. The molecule has 0 fully saturated rings. The molecule has 0 radical (unpaired) electrons. The molecule has 0 aliphatic carbocycles. The molecule has 0 aliphatic rings. The number of ether oxygens (including phenoxy) is 2. The van der Waals surface area contributed by atoms with Gasteiger partial charge in [-0.3, -0.25) is 4.79 Å². The van der Waals surface area contributed by atoms with Crippen LogP contribution in [0.3, 0.4) is 0 Å². The van der Waals surface area contributed by atoms with E-state index in [0.717, 1.165) is 11.3 Å². The summed E-state index contributed by atoms with van der Waals surface area (Å²) in [6.45, 7) is 3.33. The summed E-state index contributed by atoms with van der Waals surface area (Å²) in [6.07, 6.45) is 0. The Kier molecular flexibility index (Phi) is 6.92. The van der Waals surface area contributed by atoms with Gasteiger partial charge in [0, 0.05) is 19.7 Å². The molecule has 5 nitrogen and oxygen atoms in total. The number of methoxy groups -OCH3 is 2. The molecular formula is C14H22N2O3. The first kappa shape index (κ1) is 15.5. The van der Waals surface area contributed by atoms with Crippen molar-refractivity contribution >= 4 is 5.91 Å². The second-order valence-corrected chi connectivity index (χ2v) is 4.38. The number of rotatable bonds is 8. The van der Waals surface area contributed by atoms with E-state index in [1.165, 1.54) is 0 Å². The first-order valence-electron chi connectivity index (χ1n) is 6.27. The molecule has 0 aromatic heterocycles. The summed E-state index contributed by atoms with van der Waals surface area (Å²) >= 11 is 0. The Hall–Kier alpha value is -1.59. The zero-order valence-electron chi connectivity index (χ0n) is 11.7. The number of amides is 1.